The highest BCUT2D eigenvalue weighted by Gasteiger charge is 2.28. The average molecular weight is 434 g/mol. The van der Waals surface area contributed by atoms with Gasteiger partial charge in [-0.3, -0.25) is 4.79 Å². The minimum absolute atomic E-state index is 0.112. The summed E-state index contributed by atoms with van der Waals surface area (Å²) in [5.74, 6) is 1.68. The van der Waals surface area contributed by atoms with Crippen LogP contribution < -0.4 is 5.32 Å². The van der Waals surface area contributed by atoms with Crippen molar-refractivity contribution in [3.05, 3.63) is 34.6 Å². The van der Waals surface area contributed by atoms with Crippen LogP contribution in [0.15, 0.2) is 28.7 Å². The molecule has 7 heteroatoms. The zero-order chi connectivity index (χ0) is 19.2. The number of nitrogens with zero attached hydrogens (tertiary/aromatic N) is 4. The predicted octanol–water partition coefficient (Wildman–Crippen LogP) is 4.60. The molecular weight excluding hydrogens is 406 g/mol. The summed E-state index contributed by atoms with van der Waals surface area (Å²) in [5, 5.41) is 15.2. The maximum Gasteiger partial charge on any atom is 0.223 e. The van der Waals surface area contributed by atoms with Crippen LogP contribution in [-0.2, 0) is 4.79 Å². The van der Waals surface area contributed by atoms with Gasteiger partial charge in [-0.05, 0) is 67.2 Å². The van der Waals surface area contributed by atoms with Crippen molar-refractivity contribution in [2.24, 2.45) is 11.8 Å². The number of halogens is 1. The molecule has 1 heterocycles. The third kappa shape index (κ3) is 5.15. The first kappa shape index (κ1) is 20.0. The summed E-state index contributed by atoms with van der Waals surface area (Å²) in [6, 6.07) is 7.54. The number of carbonyl (C=O) groups is 1. The van der Waals surface area contributed by atoms with Gasteiger partial charge in [0.05, 0.1) is 11.7 Å². The Morgan fingerprint density at radius 1 is 1.33 bits per heavy atom. The van der Waals surface area contributed by atoms with E-state index in [1.807, 2.05) is 31.2 Å². The molecule has 1 aromatic heterocycles. The molecule has 1 aliphatic carbocycles. The molecule has 1 amide bonds. The zero-order valence-electron chi connectivity index (χ0n) is 16.1. The van der Waals surface area contributed by atoms with E-state index in [4.69, 9.17) is 0 Å². The number of aromatic nitrogens is 4. The van der Waals surface area contributed by atoms with Gasteiger partial charge in [-0.25, -0.2) is 0 Å². The standard InChI is InChI=1S/C20H28BrN5O/c1-3-4-6-15-9-11-16(12-10-15)20(27)22-14(2)19-23-24-25-26(19)18-8-5-7-17(21)13-18/h5,7-8,13-16H,3-4,6,9-12H2,1-2H3,(H,22,27). The largest absolute Gasteiger partial charge is 0.346 e. The van der Waals surface area contributed by atoms with Gasteiger partial charge < -0.3 is 5.32 Å². The van der Waals surface area contributed by atoms with Gasteiger partial charge in [0, 0.05) is 10.4 Å². The monoisotopic (exact) mass is 433 g/mol. The Labute approximate surface area is 169 Å². The molecule has 1 unspecified atom stereocenters. The lowest BCUT2D eigenvalue weighted by molar-refractivity contribution is -0.127. The Kier molecular flexibility index (Phi) is 6.99. The van der Waals surface area contributed by atoms with Crippen molar-refractivity contribution in [2.75, 3.05) is 0 Å². The fourth-order valence-electron chi connectivity index (χ4n) is 3.86. The number of hydrogen-bond donors (Lipinski definition) is 1. The molecule has 1 N–H and O–H groups in total. The van der Waals surface area contributed by atoms with Crippen LogP contribution in [0.1, 0.15) is 70.7 Å². The van der Waals surface area contributed by atoms with E-state index >= 15 is 0 Å². The number of nitrogens with one attached hydrogen (secondary N) is 1. The predicted molar refractivity (Wildman–Crippen MR) is 108 cm³/mol. The highest BCUT2D eigenvalue weighted by molar-refractivity contribution is 9.10. The lowest BCUT2D eigenvalue weighted by Crippen LogP contribution is -2.35. The van der Waals surface area contributed by atoms with Gasteiger partial charge in [-0.15, -0.1) is 5.10 Å². The van der Waals surface area contributed by atoms with Crippen LogP contribution >= 0.6 is 15.9 Å². The Balaban J connectivity index is 1.59. The molecule has 0 saturated heterocycles. The molecule has 1 aliphatic rings. The molecule has 1 atom stereocenters. The summed E-state index contributed by atoms with van der Waals surface area (Å²) in [4.78, 5) is 12.7. The van der Waals surface area contributed by atoms with Crippen LogP contribution in [0.3, 0.4) is 0 Å². The van der Waals surface area contributed by atoms with Gasteiger partial charge in [-0.2, -0.15) is 4.68 Å². The molecular formula is C20H28BrN5O. The maximum atomic E-state index is 12.7. The molecule has 1 fully saturated rings. The Bertz CT molecular complexity index is 754. The highest BCUT2D eigenvalue weighted by atomic mass is 79.9. The van der Waals surface area contributed by atoms with Crippen LogP contribution in [0.5, 0.6) is 0 Å². The minimum Gasteiger partial charge on any atom is -0.346 e. The van der Waals surface area contributed by atoms with E-state index in [1.165, 1.54) is 32.1 Å². The average Bonchev–Trinajstić information content (AvgIpc) is 3.17. The van der Waals surface area contributed by atoms with Crippen molar-refractivity contribution in [3.63, 3.8) is 0 Å². The van der Waals surface area contributed by atoms with Gasteiger partial charge >= 0.3 is 0 Å². The van der Waals surface area contributed by atoms with E-state index in [0.717, 1.165) is 28.9 Å². The topological polar surface area (TPSA) is 72.7 Å². The van der Waals surface area contributed by atoms with Crippen molar-refractivity contribution in [3.8, 4) is 5.69 Å². The van der Waals surface area contributed by atoms with Crippen molar-refractivity contribution >= 4 is 21.8 Å². The molecule has 3 rings (SSSR count). The molecule has 1 saturated carbocycles. The van der Waals surface area contributed by atoms with Gasteiger partial charge in [0.1, 0.15) is 0 Å². The molecule has 146 valence electrons. The third-order valence-corrected chi connectivity index (χ3v) is 5.97. The summed E-state index contributed by atoms with van der Waals surface area (Å²) >= 11 is 3.47. The molecule has 27 heavy (non-hydrogen) atoms. The van der Waals surface area contributed by atoms with Gasteiger partial charge in [0.15, 0.2) is 5.82 Å². The Morgan fingerprint density at radius 3 is 2.81 bits per heavy atom. The first-order valence-electron chi connectivity index (χ1n) is 9.93. The number of carbonyl (C=O) groups excluding carboxylic acids is 1. The molecule has 2 aromatic rings. The van der Waals surface area contributed by atoms with Crippen molar-refractivity contribution < 1.29 is 4.79 Å². The molecule has 0 aliphatic heterocycles. The Hall–Kier alpha value is -1.76. The second-order valence-corrected chi connectivity index (χ2v) is 8.43. The summed E-state index contributed by atoms with van der Waals surface area (Å²) in [6.45, 7) is 4.17. The van der Waals surface area contributed by atoms with E-state index < -0.39 is 0 Å². The van der Waals surface area contributed by atoms with Crippen molar-refractivity contribution in [1.29, 1.82) is 0 Å². The van der Waals surface area contributed by atoms with Crippen molar-refractivity contribution in [1.82, 2.24) is 25.5 Å². The van der Waals surface area contributed by atoms with E-state index in [2.05, 4.69) is 43.7 Å². The molecule has 0 spiro atoms. The summed E-state index contributed by atoms with van der Waals surface area (Å²) < 4.78 is 2.63. The second kappa shape index (κ2) is 9.44. The van der Waals surface area contributed by atoms with Gasteiger partial charge in [-0.1, -0.05) is 48.2 Å². The normalized spacial score (nSPS) is 21.0. The van der Waals surface area contributed by atoms with Gasteiger partial charge in [0.25, 0.3) is 0 Å². The number of tetrazole rings is 1. The molecule has 0 bridgehead atoms. The van der Waals surface area contributed by atoms with E-state index in [9.17, 15) is 4.79 Å². The molecule has 0 radical (unpaired) electrons. The lowest BCUT2D eigenvalue weighted by atomic mass is 9.79. The maximum absolute atomic E-state index is 12.7. The fraction of sp³-hybridized carbons (Fsp3) is 0.600. The highest BCUT2D eigenvalue weighted by Crippen LogP contribution is 2.32. The molecule has 1 aromatic carbocycles. The molecule has 6 nitrogen and oxygen atoms in total. The van der Waals surface area contributed by atoms with Crippen LogP contribution in [0.25, 0.3) is 5.69 Å². The Morgan fingerprint density at radius 2 is 2.11 bits per heavy atom. The third-order valence-electron chi connectivity index (χ3n) is 5.48. The first-order chi connectivity index (χ1) is 13.1. The number of rotatable bonds is 7. The number of benzene rings is 1. The lowest BCUT2D eigenvalue weighted by Gasteiger charge is -2.28. The number of amides is 1. The van der Waals surface area contributed by atoms with Crippen LogP contribution in [0.4, 0.5) is 0 Å². The zero-order valence-corrected chi connectivity index (χ0v) is 17.7. The second-order valence-electron chi connectivity index (χ2n) is 7.52. The summed E-state index contributed by atoms with van der Waals surface area (Å²) in [6.07, 6.45) is 8.18. The number of unbranched alkanes of at least 4 members (excludes halogenated alkanes) is 1. The summed E-state index contributed by atoms with van der Waals surface area (Å²) in [5.41, 5.74) is 0.863. The van der Waals surface area contributed by atoms with Crippen LogP contribution in [0.2, 0.25) is 0 Å². The SMILES string of the molecule is CCCCC1CCC(C(=O)NC(C)c2nnnn2-c2cccc(Br)c2)CC1. The van der Waals surface area contributed by atoms with Crippen molar-refractivity contribution in [2.45, 2.75) is 64.8 Å². The van der Waals surface area contributed by atoms with Crippen LogP contribution in [0, 0.1) is 11.8 Å². The van der Waals surface area contributed by atoms with E-state index in [-0.39, 0.29) is 17.9 Å². The smallest absolute Gasteiger partial charge is 0.223 e. The first-order valence-corrected chi connectivity index (χ1v) is 10.7. The van der Waals surface area contributed by atoms with Gasteiger partial charge in [0.2, 0.25) is 5.91 Å². The fourth-order valence-corrected chi connectivity index (χ4v) is 4.24. The number of hydrogen-bond acceptors (Lipinski definition) is 4. The van der Waals surface area contributed by atoms with E-state index in [1.54, 1.807) is 4.68 Å². The quantitative estimate of drug-likeness (QED) is 0.692. The van der Waals surface area contributed by atoms with Crippen LogP contribution in [-0.4, -0.2) is 26.1 Å². The van der Waals surface area contributed by atoms with E-state index in [0.29, 0.717) is 5.82 Å². The minimum atomic E-state index is -0.246. The summed E-state index contributed by atoms with van der Waals surface area (Å²) in [7, 11) is 0.